The molecule has 0 amide bonds. The van der Waals surface area contributed by atoms with Crippen LogP contribution in [0.15, 0.2) is 58.5 Å². The minimum Gasteiger partial charge on any atom is -0.474 e. The maximum Gasteiger partial charge on any atom is 0.236 e. The van der Waals surface area contributed by atoms with Crippen LogP contribution in [0.2, 0.25) is 0 Å². The predicted octanol–water partition coefficient (Wildman–Crippen LogP) is 3.16. The Morgan fingerprint density at radius 3 is 2.29 bits per heavy atom. The fraction of sp³-hybridized carbons (Fsp3) is 0.316. The van der Waals surface area contributed by atoms with E-state index in [-0.39, 0.29) is 12.1 Å². The van der Waals surface area contributed by atoms with Gasteiger partial charge in [0.15, 0.2) is 0 Å². The first-order valence-electron chi connectivity index (χ1n) is 8.27. The highest BCUT2D eigenvalue weighted by Crippen LogP contribution is 2.24. The molecule has 2 aliphatic rings. The summed E-state index contributed by atoms with van der Waals surface area (Å²) in [4.78, 5) is 13.9. The molecule has 0 unspecified atom stereocenters. The lowest BCUT2D eigenvalue weighted by Crippen LogP contribution is -2.10. The number of pyridine rings is 1. The Bertz CT molecular complexity index is 786. The van der Waals surface area contributed by atoms with Gasteiger partial charge in [-0.05, 0) is 24.1 Å². The summed E-state index contributed by atoms with van der Waals surface area (Å²) in [6, 6.07) is 16.2. The average molecular weight is 321 g/mol. The molecule has 2 aromatic rings. The Morgan fingerprint density at radius 2 is 1.58 bits per heavy atom. The molecule has 1 aromatic heterocycles. The lowest BCUT2D eigenvalue weighted by atomic mass is 10.1. The molecule has 3 heterocycles. The SMILES string of the molecule is CC[C@H]1COC(c2cccc(C3=N[C@@H](c4ccccc4)CO3)n2)=N1. The van der Waals surface area contributed by atoms with Gasteiger partial charge in [0, 0.05) is 0 Å². The molecular formula is C19H19N3O2. The second-order valence-corrected chi connectivity index (χ2v) is 5.89. The van der Waals surface area contributed by atoms with E-state index in [2.05, 4.69) is 34.0 Å². The summed E-state index contributed by atoms with van der Waals surface area (Å²) in [6.07, 6.45) is 0.970. The fourth-order valence-corrected chi connectivity index (χ4v) is 2.80. The number of hydrogen-bond acceptors (Lipinski definition) is 5. The van der Waals surface area contributed by atoms with E-state index in [0.29, 0.717) is 25.0 Å². The highest BCUT2D eigenvalue weighted by atomic mass is 16.5. The summed E-state index contributed by atoms with van der Waals surface area (Å²) in [5, 5.41) is 0. The van der Waals surface area contributed by atoms with Gasteiger partial charge in [0.25, 0.3) is 0 Å². The monoisotopic (exact) mass is 321 g/mol. The molecule has 2 atom stereocenters. The first-order chi connectivity index (χ1) is 11.8. The summed E-state index contributed by atoms with van der Waals surface area (Å²) in [6.45, 7) is 3.28. The Hall–Kier alpha value is -2.69. The van der Waals surface area contributed by atoms with Crippen LogP contribution >= 0.6 is 0 Å². The van der Waals surface area contributed by atoms with Crippen molar-refractivity contribution in [2.45, 2.75) is 25.4 Å². The summed E-state index contributed by atoms with van der Waals surface area (Å²) in [7, 11) is 0. The van der Waals surface area contributed by atoms with E-state index < -0.39 is 0 Å². The number of rotatable bonds is 4. The van der Waals surface area contributed by atoms with Gasteiger partial charge in [-0.25, -0.2) is 15.0 Å². The number of aliphatic imine (C=N–C) groups is 2. The molecule has 24 heavy (non-hydrogen) atoms. The summed E-state index contributed by atoms with van der Waals surface area (Å²) >= 11 is 0. The third-order valence-electron chi connectivity index (χ3n) is 4.21. The molecule has 0 radical (unpaired) electrons. The smallest absolute Gasteiger partial charge is 0.236 e. The maximum atomic E-state index is 5.77. The highest BCUT2D eigenvalue weighted by molar-refractivity contribution is 5.97. The molecule has 5 nitrogen and oxygen atoms in total. The van der Waals surface area contributed by atoms with Gasteiger partial charge >= 0.3 is 0 Å². The van der Waals surface area contributed by atoms with Crippen LogP contribution in [-0.2, 0) is 9.47 Å². The molecule has 122 valence electrons. The highest BCUT2D eigenvalue weighted by Gasteiger charge is 2.24. The van der Waals surface area contributed by atoms with Crippen molar-refractivity contribution in [3.63, 3.8) is 0 Å². The van der Waals surface area contributed by atoms with Gasteiger partial charge in [-0.3, -0.25) is 0 Å². The van der Waals surface area contributed by atoms with Crippen LogP contribution in [-0.4, -0.2) is 36.0 Å². The third-order valence-corrected chi connectivity index (χ3v) is 4.21. The van der Waals surface area contributed by atoms with Crippen LogP contribution in [0.3, 0.4) is 0 Å². The number of aromatic nitrogens is 1. The first kappa shape index (κ1) is 14.9. The molecule has 0 spiro atoms. The number of ether oxygens (including phenoxy) is 2. The van der Waals surface area contributed by atoms with Crippen LogP contribution in [0.25, 0.3) is 0 Å². The molecular weight excluding hydrogens is 302 g/mol. The van der Waals surface area contributed by atoms with Crippen molar-refractivity contribution in [1.82, 2.24) is 4.98 Å². The van der Waals surface area contributed by atoms with Crippen molar-refractivity contribution < 1.29 is 9.47 Å². The van der Waals surface area contributed by atoms with E-state index in [0.717, 1.165) is 23.4 Å². The molecule has 0 aliphatic carbocycles. The Morgan fingerprint density at radius 1 is 0.875 bits per heavy atom. The standard InChI is InChI=1S/C19H19N3O2/c1-2-14-11-23-18(20-14)15-9-6-10-16(21-15)19-22-17(12-24-19)13-7-4-3-5-8-13/h3-10,14,17H,2,11-12H2,1H3/t14-,17+/m0/s1. The van der Waals surface area contributed by atoms with Crippen LogP contribution in [0, 0.1) is 0 Å². The van der Waals surface area contributed by atoms with Gasteiger partial charge in [0.2, 0.25) is 11.8 Å². The van der Waals surface area contributed by atoms with Crippen LogP contribution in [0.1, 0.15) is 36.3 Å². The average Bonchev–Trinajstić information content (AvgIpc) is 3.32. The van der Waals surface area contributed by atoms with Crippen molar-refractivity contribution in [2.75, 3.05) is 13.2 Å². The molecule has 1 aromatic carbocycles. The van der Waals surface area contributed by atoms with E-state index in [4.69, 9.17) is 9.47 Å². The van der Waals surface area contributed by atoms with Crippen molar-refractivity contribution in [2.24, 2.45) is 9.98 Å². The molecule has 5 heteroatoms. The second-order valence-electron chi connectivity index (χ2n) is 5.89. The zero-order valence-corrected chi connectivity index (χ0v) is 13.6. The summed E-state index contributed by atoms with van der Waals surface area (Å²) in [5.41, 5.74) is 2.60. The molecule has 0 bridgehead atoms. The summed E-state index contributed by atoms with van der Waals surface area (Å²) in [5.74, 6) is 1.19. The van der Waals surface area contributed by atoms with Crippen molar-refractivity contribution in [3.8, 4) is 0 Å². The third kappa shape index (κ3) is 2.89. The molecule has 4 rings (SSSR count). The minimum atomic E-state index is 0.0243. The van der Waals surface area contributed by atoms with Crippen LogP contribution in [0.4, 0.5) is 0 Å². The fourth-order valence-electron chi connectivity index (χ4n) is 2.80. The largest absolute Gasteiger partial charge is 0.474 e. The number of hydrogen-bond donors (Lipinski definition) is 0. The van der Waals surface area contributed by atoms with Crippen LogP contribution < -0.4 is 0 Å². The van der Waals surface area contributed by atoms with Gasteiger partial charge in [-0.1, -0.05) is 43.3 Å². The van der Waals surface area contributed by atoms with Crippen LogP contribution in [0.5, 0.6) is 0 Å². The minimum absolute atomic E-state index is 0.0243. The lowest BCUT2D eigenvalue weighted by molar-refractivity contribution is 0.314. The van der Waals surface area contributed by atoms with Gasteiger partial charge in [-0.2, -0.15) is 0 Å². The van der Waals surface area contributed by atoms with E-state index in [1.54, 1.807) is 0 Å². The topological polar surface area (TPSA) is 56.1 Å². The van der Waals surface area contributed by atoms with E-state index in [1.807, 2.05) is 36.4 Å². The maximum absolute atomic E-state index is 5.77. The molecule has 0 fully saturated rings. The Kier molecular flexibility index (Phi) is 3.99. The van der Waals surface area contributed by atoms with E-state index in [1.165, 1.54) is 0 Å². The predicted molar refractivity (Wildman–Crippen MR) is 92.5 cm³/mol. The van der Waals surface area contributed by atoms with E-state index >= 15 is 0 Å². The van der Waals surface area contributed by atoms with E-state index in [9.17, 15) is 0 Å². The van der Waals surface area contributed by atoms with Gasteiger partial charge in [-0.15, -0.1) is 0 Å². The Labute approximate surface area is 141 Å². The zero-order chi connectivity index (χ0) is 16.4. The normalized spacial score (nSPS) is 22.5. The van der Waals surface area contributed by atoms with Gasteiger partial charge < -0.3 is 9.47 Å². The lowest BCUT2D eigenvalue weighted by Gasteiger charge is -2.04. The van der Waals surface area contributed by atoms with Crippen molar-refractivity contribution in [3.05, 3.63) is 65.5 Å². The van der Waals surface area contributed by atoms with Crippen molar-refractivity contribution >= 4 is 11.8 Å². The number of benzene rings is 1. The van der Waals surface area contributed by atoms with Gasteiger partial charge in [0.05, 0.1) is 6.04 Å². The quantitative estimate of drug-likeness (QED) is 0.869. The molecule has 2 aliphatic heterocycles. The molecule has 0 saturated heterocycles. The van der Waals surface area contributed by atoms with Gasteiger partial charge in [0.1, 0.15) is 30.6 Å². The number of nitrogens with zero attached hydrogens (tertiary/aromatic N) is 3. The summed E-state index contributed by atoms with van der Waals surface area (Å²) < 4.78 is 11.4. The first-order valence-corrected chi connectivity index (χ1v) is 8.27. The zero-order valence-electron chi connectivity index (χ0n) is 13.6. The second kappa shape index (κ2) is 6.43. The van der Waals surface area contributed by atoms with Crippen molar-refractivity contribution in [1.29, 1.82) is 0 Å². The molecule has 0 N–H and O–H groups in total. The Balaban J connectivity index is 1.58. The molecule has 0 saturated carbocycles.